The fraction of sp³-hybridized carbons (Fsp3) is 0.200. The van der Waals surface area contributed by atoms with E-state index in [9.17, 15) is 0 Å². The second-order valence-corrected chi connectivity index (χ2v) is 6.00. The van der Waals surface area contributed by atoms with E-state index in [1.54, 1.807) is 12.3 Å². The molecular formula is C20H19N2O+. The van der Waals surface area contributed by atoms with Crippen LogP contribution in [-0.4, -0.2) is 4.98 Å². The molecule has 0 spiro atoms. The van der Waals surface area contributed by atoms with Crippen LogP contribution in [0.1, 0.15) is 20.9 Å². The maximum absolute atomic E-state index is 7.57. The first-order valence-electron chi connectivity index (χ1n) is 9.04. The average molecular weight is 306 g/mol. The summed E-state index contributed by atoms with van der Waals surface area (Å²) in [5, 5.41) is 2.04. The molecule has 0 saturated carbocycles. The van der Waals surface area contributed by atoms with E-state index in [0.717, 1.165) is 44.5 Å². The van der Waals surface area contributed by atoms with Gasteiger partial charge in [-0.2, -0.15) is 0 Å². The Balaban J connectivity index is 1.92. The van der Waals surface area contributed by atoms with Crippen LogP contribution in [0.4, 0.5) is 0 Å². The van der Waals surface area contributed by atoms with E-state index >= 15 is 0 Å². The number of fused-ring (bicyclic) bond motifs is 3. The molecule has 0 atom stereocenters. The van der Waals surface area contributed by atoms with Crippen LogP contribution in [-0.2, 0) is 7.05 Å². The fourth-order valence-corrected chi connectivity index (χ4v) is 3.09. The Morgan fingerprint density at radius 1 is 1.09 bits per heavy atom. The van der Waals surface area contributed by atoms with Crippen LogP contribution in [0.25, 0.3) is 33.2 Å². The second kappa shape index (κ2) is 4.92. The van der Waals surface area contributed by atoms with Gasteiger partial charge < -0.3 is 4.42 Å². The van der Waals surface area contributed by atoms with Crippen molar-refractivity contribution in [1.29, 1.82) is 0 Å². The Morgan fingerprint density at radius 2 is 1.91 bits per heavy atom. The Morgan fingerprint density at radius 3 is 2.70 bits per heavy atom. The van der Waals surface area contributed by atoms with E-state index in [1.165, 1.54) is 0 Å². The lowest BCUT2D eigenvalue weighted by molar-refractivity contribution is -0.660. The number of aromatic nitrogens is 2. The van der Waals surface area contributed by atoms with Crippen molar-refractivity contribution >= 4 is 21.9 Å². The zero-order valence-corrected chi connectivity index (χ0v) is 13.3. The van der Waals surface area contributed by atoms with Crippen molar-refractivity contribution in [3.63, 3.8) is 0 Å². The molecule has 0 fully saturated rings. The van der Waals surface area contributed by atoms with Gasteiger partial charge in [0, 0.05) is 44.5 Å². The summed E-state index contributed by atoms with van der Waals surface area (Å²) in [4.78, 5) is 4.37. The summed E-state index contributed by atoms with van der Waals surface area (Å²) < 4.78 is 30.6. The molecule has 23 heavy (non-hydrogen) atoms. The third-order valence-corrected chi connectivity index (χ3v) is 4.25. The molecule has 114 valence electrons. The molecule has 4 rings (SSSR count). The minimum Gasteiger partial charge on any atom is -0.456 e. The summed E-state index contributed by atoms with van der Waals surface area (Å²) in [6, 6.07) is 9.58. The SMILES string of the molecule is [2H]C([2H])([2H])c1ccc(-c2cc3oc4cc(C)ncc4c3cc2C)[n+](C)c1. The number of nitrogens with zero attached hydrogens (tertiary/aromatic N) is 2. The van der Waals surface area contributed by atoms with Crippen LogP contribution in [0.15, 0.2) is 47.1 Å². The smallest absolute Gasteiger partial charge is 0.212 e. The van der Waals surface area contributed by atoms with Gasteiger partial charge in [-0.3, -0.25) is 4.98 Å². The lowest BCUT2D eigenvalue weighted by atomic mass is 10.0. The first-order chi connectivity index (χ1) is 12.2. The molecule has 3 heteroatoms. The number of furan rings is 1. The van der Waals surface area contributed by atoms with Gasteiger partial charge in [0.25, 0.3) is 0 Å². The molecule has 0 bridgehead atoms. The summed E-state index contributed by atoms with van der Waals surface area (Å²) in [5.74, 6) is 0. The Labute approximate surface area is 139 Å². The Bertz CT molecular complexity index is 1160. The topological polar surface area (TPSA) is 29.9 Å². The molecule has 4 aromatic rings. The van der Waals surface area contributed by atoms with Gasteiger partial charge in [0.1, 0.15) is 18.2 Å². The third kappa shape index (κ3) is 2.20. The van der Waals surface area contributed by atoms with Crippen LogP contribution < -0.4 is 4.57 Å². The lowest BCUT2D eigenvalue weighted by Crippen LogP contribution is -2.31. The minimum atomic E-state index is -2.11. The van der Waals surface area contributed by atoms with Crippen LogP contribution in [0.5, 0.6) is 0 Å². The van der Waals surface area contributed by atoms with E-state index < -0.39 is 6.85 Å². The summed E-state index contributed by atoms with van der Waals surface area (Å²) in [6.45, 7) is 1.88. The van der Waals surface area contributed by atoms with Crippen LogP contribution in [0, 0.1) is 20.7 Å². The molecule has 3 heterocycles. The van der Waals surface area contributed by atoms with Gasteiger partial charge in [0.2, 0.25) is 5.69 Å². The summed E-state index contributed by atoms with van der Waals surface area (Å²) in [5.41, 5.74) is 5.91. The fourth-order valence-electron chi connectivity index (χ4n) is 3.09. The van der Waals surface area contributed by atoms with E-state index in [2.05, 4.69) is 11.1 Å². The predicted molar refractivity (Wildman–Crippen MR) is 92.3 cm³/mol. The summed E-state index contributed by atoms with van der Waals surface area (Å²) in [6.07, 6.45) is 3.51. The zero-order chi connectivity index (χ0) is 18.6. The van der Waals surface area contributed by atoms with Gasteiger partial charge in [-0.15, -0.1) is 0 Å². The number of rotatable bonds is 1. The van der Waals surface area contributed by atoms with Crippen molar-refractivity contribution < 1.29 is 13.1 Å². The molecular weight excluding hydrogens is 284 g/mol. The number of hydrogen-bond acceptors (Lipinski definition) is 2. The second-order valence-electron chi connectivity index (χ2n) is 6.00. The van der Waals surface area contributed by atoms with Gasteiger partial charge in [0.15, 0.2) is 6.20 Å². The van der Waals surface area contributed by atoms with Crippen molar-refractivity contribution in [2.75, 3.05) is 0 Å². The highest BCUT2D eigenvalue weighted by Crippen LogP contribution is 2.33. The molecule has 0 aliphatic rings. The van der Waals surface area contributed by atoms with Gasteiger partial charge >= 0.3 is 0 Å². The van der Waals surface area contributed by atoms with E-state index in [0.29, 0.717) is 5.56 Å². The molecule has 0 aliphatic carbocycles. The average Bonchev–Trinajstić information content (AvgIpc) is 2.89. The molecule has 0 N–H and O–H groups in total. The summed E-state index contributed by atoms with van der Waals surface area (Å²) >= 11 is 0. The quantitative estimate of drug-likeness (QED) is 0.488. The highest BCUT2D eigenvalue weighted by atomic mass is 16.3. The molecule has 0 aliphatic heterocycles. The molecule has 3 aromatic heterocycles. The largest absolute Gasteiger partial charge is 0.456 e. The molecule has 0 radical (unpaired) electrons. The Kier molecular flexibility index (Phi) is 2.34. The molecule has 0 amide bonds. The van der Waals surface area contributed by atoms with Gasteiger partial charge in [-0.1, -0.05) is 0 Å². The van der Waals surface area contributed by atoms with E-state index in [4.69, 9.17) is 8.53 Å². The number of benzene rings is 1. The molecule has 0 saturated heterocycles. The number of hydrogen-bond donors (Lipinski definition) is 0. The van der Waals surface area contributed by atoms with Gasteiger partial charge in [0.05, 0.1) is 5.56 Å². The normalized spacial score (nSPS) is 14.0. The maximum atomic E-state index is 7.57. The monoisotopic (exact) mass is 306 g/mol. The first kappa shape index (κ1) is 10.9. The highest BCUT2D eigenvalue weighted by molar-refractivity contribution is 6.06. The van der Waals surface area contributed by atoms with Crippen molar-refractivity contribution in [2.24, 2.45) is 7.05 Å². The molecule has 3 nitrogen and oxygen atoms in total. The lowest BCUT2D eigenvalue weighted by Gasteiger charge is -2.05. The summed E-state index contributed by atoms with van der Waals surface area (Å²) in [7, 11) is 1.86. The van der Waals surface area contributed by atoms with Crippen LogP contribution in [0.2, 0.25) is 0 Å². The number of aryl methyl sites for hydroxylation is 4. The van der Waals surface area contributed by atoms with Crippen LogP contribution >= 0.6 is 0 Å². The van der Waals surface area contributed by atoms with Gasteiger partial charge in [-0.05, 0) is 44.5 Å². The van der Waals surface area contributed by atoms with Gasteiger partial charge in [-0.25, -0.2) is 4.57 Å². The first-order valence-corrected chi connectivity index (χ1v) is 7.54. The zero-order valence-electron chi connectivity index (χ0n) is 16.3. The Hall–Kier alpha value is -2.68. The minimum absolute atomic E-state index is 0.327. The predicted octanol–water partition coefficient (Wildman–Crippen LogP) is 4.40. The maximum Gasteiger partial charge on any atom is 0.212 e. The third-order valence-electron chi connectivity index (χ3n) is 4.25. The molecule has 1 aromatic carbocycles. The van der Waals surface area contributed by atoms with Crippen LogP contribution in [0.3, 0.4) is 0 Å². The van der Waals surface area contributed by atoms with Crippen molar-refractivity contribution in [3.05, 3.63) is 59.5 Å². The number of pyridine rings is 2. The van der Waals surface area contributed by atoms with E-state index in [-0.39, 0.29) is 0 Å². The van der Waals surface area contributed by atoms with Crippen molar-refractivity contribution in [2.45, 2.75) is 20.7 Å². The van der Waals surface area contributed by atoms with Crippen molar-refractivity contribution in [3.8, 4) is 11.3 Å². The standard InChI is InChI=1S/C20H19N2O/c1-12-5-6-18(22(4)11-12)15-9-20-16(7-13(15)2)17-10-21-14(3)8-19(17)23-20/h5-11H,1-4H3/q+1/i1D3. The highest BCUT2D eigenvalue weighted by Gasteiger charge is 2.16. The molecule has 0 unspecified atom stereocenters. The van der Waals surface area contributed by atoms with E-state index in [1.807, 2.05) is 49.9 Å². The van der Waals surface area contributed by atoms with Crippen molar-refractivity contribution in [1.82, 2.24) is 4.98 Å².